The van der Waals surface area contributed by atoms with Crippen molar-refractivity contribution in [3.63, 3.8) is 0 Å². The minimum Gasteiger partial charge on any atom is -0.489 e. The Kier molecular flexibility index (Phi) is 13.6. The Morgan fingerprint density at radius 1 is 1.00 bits per heavy atom. The van der Waals surface area contributed by atoms with Crippen LogP contribution in [-0.4, -0.2) is 147 Å². The van der Waals surface area contributed by atoms with Gasteiger partial charge in [-0.3, -0.25) is 4.79 Å². The van der Waals surface area contributed by atoms with Gasteiger partial charge in [0.25, 0.3) is 0 Å². The lowest BCUT2D eigenvalue weighted by atomic mass is 9.78. The fraction of sp³-hybridized carbons (Fsp3) is 0.921. The number of cyclic esters (lactones) is 1. The molecule has 0 amide bonds. The highest BCUT2D eigenvalue weighted by Crippen LogP contribution is 2.47. The highest BCUT2D eigenvalue weighted by molar-refractivity contribution is 5.73. The molecule has 1 unspecified atom stereocenters. The van der Waals surface area contributed by atoms with Crippen LogP contribution in [0.25, 0.3) is 0 Å². The van der Waals surface area contributed by atoms with E-state index in [9.17, 15) is 30.3 Å². The number of carbonyl (C=O) groups excluding carboxylic acids is 1. The van der Waals surface area contributed by atoms with Gasteiger partial charge in [0.05, 0.1) is 42.0 Å². The topological polar surface area (TPSA) is 186 Å². The van der Waals surface area contributed by atoms with Crippen LogP contribution < -0.4 is 0 Å². The molecule has 0 spiro atoms. The molecule has 0 aliphatic carbocycles. The minimum absolute atomic E-state index is 0.131. The predicted molar refractivity (Wildman–Crippen MR) is 190 cm³/mol. The van der Waals surface area contributed by atoms with Gasteiger partial charge in [0, 0.05) is 37.8 Å². The molecule has 0 aromatic rings. The summed E-state index contributed by atoms with van der Waals surface area (Å²) in [7, 11) is 3.45. The van der Waals surface area contributed by atoms with E-state index in [0.29, 0.717) is 25.1 Å². The number of nitrogens with zero attached hydrogens (tertiary/aromatic N) is 1. The number of methoxy groups -OCH3 is 1. The van der Waals surface area contributed by atoms with Crippen molar-refractivity contribution in [1.82, 2.24) is 4.90 Å². The van der Waals surface area contributed by atoms with Crippen LogP contribution in [0.1, 0.15) is 95.4 Å². The first-order valence-corrected chi connectivity index (χ1v) is 18.9. The average Bonchev–Trinajstić information content (AvgIpc) is 3.40. The van der Waals surface area contributed by atoms with Crippen LogP contribution >= 0.6 is 0 Å². The van der Waals surface area contributed by atoms with E-state index in [1.807, 2.05) is 41.7 Å². The number of aliphatic hydroxyl groups excluding tert-OH is 4. The zero-order valence-corrected chi connectivity index (χ0v) is 33.4. The summed E-state index contributed by atoms with van der Waals surface area (Å²) < 4.78 is 44.5. The lowest BCUT2D eigenvalue weighted by Crippen LogP contribution is -2.60. The Hall–Kier alpha value is -1.43. The quantitative estimate of drug-likeness (QED) is 0.228. The molecule has 4 aliphatic rings. The fourth-order valence-electron chi connectivity index (χ4n) is 8.94. The largest absolute Gasteiger partial charge is 0.489 e. The summed E-state index contributed by atoms with van der Waals surface area (Å²) >= 11 is 0. The summed E-state index contributed by atoms with van der Waals surface area (Å²) in [5.41, 5.74) is -3.44. The van der Waals surface area contributed by atoms with Crippen molar-refractivity contribution in [3.8, 4) is 0 Å². The molecule has 2 bridgehead atoms. The van der Waals surface area contributed by atoms with Crippen molar-refractivity contribution in [2.45, 2.75) is 186 Å². The second-order valence-electron chi connectivity index (χ2n) is 16.7. The van der Waals surface area contributed by atoms with E-state index in [0.717, 1.165) is 5.57 Å². The van der Waals surface area contributed by atoms with Gasteiger partial charge in [-0.05, 0) is 81.0 Å². The minimum atomic E-state index is -2.10. The molecule has 14 heteroatoms. The third-order valence-corrected chi connectivity index (χ3v) is 12.3. The lowest BCUT2D eigenvalue weighted by molar-refractivity contribution is -0.317. The van der Waals surface area contributed by atoms with Crippen LogP contribution in [-0.2, 0) is 38.0 Å². The van der Waals surface area contributed by atoms with Crippen LogP contribution in [0.2, 0.25) is 0 Å². The maximum Gasteiger partial charge on any atom is 0.311 e. The number of hydrogen-bond donors (Lipinski definition) is 5. The number of ether oxygens (including phenoxy) is 7. The van der Waals surface area contributed by atoms with E-state index in [4.69, 9.17) is 33.2 Å². The van der Waals surface area contributed by atoms with Crippen LogP contribution in [0.4, 0.5) is 0 Å². The smallest absolute Gasteiger partial charge is 0.311 e. The summed E-state index contributed by atoms with van der Waals surface area (Å²) in [5.74, 6) is -2.87. The molecule has 4 aliphatic heterocycles. The molecular formula is C38H67NO13. The van der Waals surface area contributed by atoms with Gasteiger partial charge in [0.15, 0.2) is 18.7 Å². The molecule has 14 nitrogen and oxygen atoms in total. The first kappa shape index (κ1) is 43.3. The Labute approximate surface area is 309 Å². The van der Waals surface area contributed by atoms with Crippen molar-refractivity contribution >= 4 is 5.97 Å². The van der Waals surface area contributed by atoms with Gasteiger partial charge >= 0.3 is 5.97 Å². The molecule has 0 saturated carbocycles. The highest BCUT2D eigenvalue weighted by atomic mass is 16.7. The first-order chi connectivity index (χ1) is 24.0. The normalized spacial score (nSPS) is 48.7. The first-order valence-electron chi connectivity index (χ1n) is 18.9. The van der Waals surface area contributed by atoms with Crippen molar-refractivity contribution in [1.29, 1.82) is 0 Å². The molecule has 52 heavy (non-hydrogen) atoms. The van der Waals surface area contributed by atoms with E-state index in [-0.39, 0.29) is 18.6 Å². The third kappa shape index (κ3) is 8.37. The van der Waals surface area contributed by atoms with E-state index < -0.39 is 102 Å². The summed E-state index contributed by atoms with van der Waals surface area (Å²) in [6.45, 7) is 19.8. The van der Waals surface area contributed by atoms with Gasteiger partial charge in [0.1, 0.15) is 35.3 Å². The Morgan fingerprint density at radius 2 is 1.63 bits per heavy atom. The number of likely N-dealkylation sites (N-methyl/N-ethyl adjacent to an activating group) is 1. The van der Waals surface area contributed by atoms with Gasteiger partial charge < -0.3 is 63.6 Å². The van der Waals surface area contributed by atoms with Gasteiger partial charge in [-0.15, -0.1) is 0 Å². The molecule has 4 heterocycles. The molecule has 302 valence electrons. The lowest BCUT2D eigenvalue weighted by Gasteiger charge is -2.48. The van der Waals surface area contributed by atoms with Crippen LogP contribution in [0, 0.1) is 17.8 Å². The number of esters is 1. The molecule has 18 atom stereocenters. The number of rotatable bonds is 8. The molecule has 5 N–H and O–H groups in total. The van der Waals surface area contributed by atoms with Gasteiger partial charge in [-0.1, -0.05) is 20.8 Å². The standard InChI is InChI=1S/C38H67NO13/c1-14-39(12)25-15-19(3)47-35(27(25)41)51-32-21(5)29(49-26-17-36(9,46-13)31(43)24(8)48-26)22(6)34(44)50-33(23(7)40)38(11,45)30(42)20(4)28-18(2)16-37(32,10)52-28/h19-27,29-33,35,40-43,45H,14-17H2,1-13H3/t19-,20+,21+,22-,23?,24+,25+,26+,27-,29+,30-,31+,32-,33-,35+,36-,37-,38+/m1/s1. The van der Waals surface area contributed by atoms with Crippen LogP contribution in [0.5, 0.6) is 0 Å². The molecule has 4 rings (SSSR count). The predicted octanol–water partition coefficient (Wildman–Crippen LogP) is 2.25. The maximum absolute atomic E-state index is 14.2. The van der Waals surface area contributed by atoms with Gasteiger partial charge in [-0.2, -0.15) is 0 Å². The Balaban J connectivity index is 1.86. The average molecular weight is 746 g/mol. The number of fused-ring (bicyclic) bond motifs is 2. The van der Waals surface area contributed by atoms with Crippen LogP contribution in [0.3, 0.4) is 0 Å². The number of carbonyl (C=O) groups is 1. The summed E-state index contributed by atoms with van der Waals surface area (Å²) in [6, 6.07) is -0.248. The third-order valence-electron chi connectivity index (χ3n) is 12.3. The van der Waals surface area contributed by atoms with E-state index in [1.54, 1.807) is 27.7 Å². The second kappa shape index (κ2) is 16.4. The maximum atomic E-state index is 14.2. The van der Waals surface area contributed by atoms with E-state index in [2.05, 4.69) is 4.90 Å². The summed E-state index contributed by atoms with van der Waals surface area (Å²) in [6.07, 6.45) is -10.1. The fourth-order valence-corrected chi connectivity index (χ4v) is 8.94. The highest BCUT2D eigenvalue weighted by Gasteiger charge is 2.56. The molecular weight excluding hydrogens is 678 g/mol. The van der Waals surface area contributed by atoms with Crippen molar-refractivity contribution < 1.29 is 63.5 Å². The zero-order valence-electron chi connectivity index (χ0n) is 33.4. The molecule has 0 radical (unpaired) electrons. The SMILES string of the molecule is CCN(C)[C@H]1C[C@@H](C)O[C@@H](O[C@@H]2[C@@H](C)[C@H](O[C@H]3C[C@@](C)(OC)[C@@H](O)[C@H](C)O3)[C@@H](C)C(=O)O[C@H](C(C)O)[C@@](C)(O)[C@H](O)[C@@H](C)C3=C(C)C[C@@]2(C)O3)[C@@H]1O. The second-order valence-corrected chi connectivity index (χ2v) is 16.7. The zero-order chi connectivity index (χ0) is 39.2. The van der Waals surface area contributed by atoms with Crippen LogP contribution in [0.15, 0.2) is 11.3 Å². The van der Waals surface area contributed by atoms with Gasteiger partial charge in [0.2, 0.25) is 0 Å². The Bertz CT molecular complexity index is 1260. The van der Waals surface area contributed by atoms with E-state index in [1.165, 1.54) is 21.0 Å². The number of hydrogen-bond acceptors (Lipinski definition) is 14. The molecule has 0 aromatic carbocycles. The Morgan fingerprint density at radius 3 is 2.21 bits per heavy atom. The van der Waals surface area contributed by atoms with E-state index >= 15 is 0 Å². The molecule has 3 saturated heterocycles. The van der Waals surface area contributed by atoms with Crippen molar-refractivity contribution in [2.24, 2.45) is 17.8 Å². The monoisotopic (exact) mass is 745 g/mol. The number of aliphatic hydroxyl groups is 5. The van der Waals surface area contributed by atoms with Crippen molar-refractivity contribution in [2.75, 3.05) is 20.7 Å². The summed E-state index contributed by atoms with van der Waals surface area (Å²) in [5, 5.41) is 56.9. The summed E-state index contributed by atoms with van der Waals surface area (Å²) in [4.78, 5) is 16.2. The van der Waals surface area contributed by atoms with Crippen molar-refractivity contribution in [3.05, 3.63) is 11.3 Å². The van der Waals surface area contributed by atoms with Gasteiger partial charge in [-0.25, -0.2) is 0 Å². The molecule has 0 aromatic heterocycles. The molecule has 3 fully saturated rings.